The van der Waals surface area contributed by atoms with Crippen LogP contribution in [0.5, 0.6) is 5.75 Å². The van der Waals surface area contributed by atoms with Gasteiger partial charge in [0.2, 0.25) is 0 Å². The van der Waals surface area contributed by atoms with Crippen LogP contribution in [0.15, 0.2) is 65.3 Å². The Kier molecular flexibility index (Phi) is 3.47. The van der Waals surface area contributed by atoms with Crippen LogP contribution >= 0.6 is 15.9 Å². The van der Waals surface area contributed by atoms with Crippen LogP contribution in [-0.2, 0) is 6.61 Å². The van der Waals surface area contributed by atoms with E-state index in [4.69, 9.17) is 4.74 Å². The molecule has 3 rings (SSSR count). The zero-order valence-electron chi connectivity index (χ0n) is 10.2. The van der Waals surface area contributed by atoms with Crippen molar-refractivity contribution in [2.45, 2.75) is 6.61 Å². The second-order valence-electron chi connectivity index (χ2n) is 4.28. The summed E-state index contributed by atoms with van der Waals surface area (Å²) >= 11 is 3.46. The standard InChI is InChI=1S/C16H12BrNO/c17-14-6-7-16-13(8-14)9-15(10-18-16)19-11-12-4-2-1-3-5-12/h1-10H,11H2. The molecule has 1 aromatic heterocycles. The van der Waals surface area contributed by atoms with Crippen molar-refractivity contribution in [3.05, 3.63) is 70.8 Å². The maximum absolute atomic E-state index is 5.76. The molecule has 0 unspecified atom stereocenters. The first-order chi connectivity index (χ1) is 9.31. The molecule has 2 nitrogen and oxygen atoms in total. The summed E-state index contributed by atoms with van der Waals surface area (Å²) in [7, 11) is 0. The van der Waals surface area contributed by atoms with E-state index in [0.717, 1.165) is 26.7 Å². The van der Waals surface area contributed by atoms with Crippen LogP contribution in [0.4, 0.5) is 0 Å². The van der Waals surface area contributed by atoms with E-state index in [1.165, 1.54) is 0 Å². The average Bonchev–Trinajstić information content (AvgIpc) is 2.46. The number of aromatic nitrogens is 1. The molecule has 3 heteroatoms. The number of ether oxygens (including phenoxy) is 1. The zero-order valence-corrected chi connectivity index (χ0v) is 11.8. The van der Waals surface area contributed by atoms with Crippen molar-refractivity contribution >= 4 is 26.8 Å². The third kappa shape index (κ3) is 2.93. The highest BCUT2D eigenvalue weighted by atomic mass is 79.9. The second kappa shape index (κ2) is 5.41. The lowest BCUT2D eigenvalue weighted by atomic mass is 10.2. The molecule has 0 amide bonds. The number of hydrogen-bond donors (Lipinski definition) is 0. The first-order valence-corrected chi connectivity index (χ1v) is 6.82. The lowest BCUT2D eigenvalue weighted by Gasteiger charge is -2.07. The van der Waals surface area contributed by atoms with Gasteiger partial charge < -0.3 is 4.74 Å². The zero-order chi connectivity index (χ0) is 13.1. The van der Waals surface area contributed by atoms with Crippen LogP contribution in [-0.4, -0.2) is 4.98 Å². The highest BCUT2D eigenvalue weighted by molar-refractivity contribution is 9.10. The fourth-order valence-electron chi connectivity index (χ4n) is 1.90. The predicted octanol–water partition coefficient (Wildman–Crippen LogP) is 4.58. The highest BCUT2D eigenvalue weighted by Gasteiger charge is 2.00. The quantitative estimate of drug-likeness (QED) is 0.706. The molecular weight excluding hydrogens is 302 g/mol. The number of halogens is 1. The Bertz CT molecular complexity index is 697. The molecule has 94 valence electrons. The van der Waals surface area contributed by atoms with Crippen molar-refractivity contribution in [1.29, 1.82) is 0 Å². The minimum absolute atomic E-state index is 0.558. The third-order valence-corrected chi connectivity index (χ3v) is 3.36. The van der Waals surface area contributed by atoms with E-state index < -0.39 is 0 Å². The first kappa shape index (κ1) is 12.2. The monoisotopic (exact) mass is 313 g/mol. The molecule has 1 heterocycles. The lowest BCUT2D eigenvalue weighted by Crippen LogP contribution is -1.95. The molecule has 0 saturated heterocycles. The fourth-order valence-corrected chi connectivity index (χ4v) is 2.28. The average molecular weight is 314 g/mol. The summed E-state index contributed by atoms with van der Waals surface area (Å²) in [5.74, 6) is 0.787. The van der Waals surface area contributed by atoms with E-state index in [0.29, 0.717) is 6.61 Å². The van der Waals surface area contributed by atoms with Crippen molar-refractivity contribution in [2.75, 3.05) is 0 Å². The van der Waals surface area contributed by atoms with Gasteiger partial charge in [0, 0.05) is 9.86 Å². The number of benzene rings is 2. The number of nitrogens with zero attached hydrogens (tertiary/aromatic N) is 1. The van der Waals surface area contributed by atoms with Crippen LogP contribution < -0.4 is 4.74 Å². The van der Waals surface area contributed by atoms with Gasteiger partial charge in [0.25, 0.3) is 0 Å². The summed E-state index contributed by atoms with van der Waals surface area (Å²) in [5.41, 5.74) is 2.12. The molecule has 0 aliphatic heterocycles. The molecule has 19 heavy (non-hydrogen) atoms. The number of rotatable bonds is 3. The molecular formula is C16H12BrNO. The van der Waals surface area contributed by atoms with Gasteiger partial charge in [0.1, 0.15) is 12.4 Å². The van der Waals surface area contributed by atoms with Gasteiger partial charge >= 0.3 is 0 Å². The molecule has 0 aliphatic carbocycles. The topological polar surface area (TPSA) is 22.1 Å². The Morgan fingerprint density at radius 2 is 1.84 bits per heavy atom. The molecule has 0 radical (unpaired) electrons. The SMILES string of the molecule is Brc1ccc2ncc(OCc3ccccc3)cc2c1. The Morgan fingerprint density at radius 3 is 2.68 bits per heavy atom. The Hall–Kier alpha value is -1.87. The highest BCUT2D eigenvalue weighted by Crippen LogP contribution is 2.22. The van der Waals surface area contributed by atoms with E-state index in [2.05, 4.69) is 20.9 Å². The van der Waals surface area contributed by atoms with Crippen LogP contribution in [0.2, 0.25) is 0 Å². The molecule has 0 fully saturated rings. The van der Waals surface area contributed by atoms with Gasteiger partial charge in [-0.05, 0) is 29.8 Å². The van der Waals surface area contributed by atoms with Gasteiger partial charge in [-0.3, -0.25) is 4.98 Å². The fraction of sp³-hybridized carbons (Fsp3) is 0.0625. The molecule has 0 spiro atoms. The maximum atomic E-state index is 5.76. The number of fused-ring (bicyclic) bond motifs is 1. The van der Waals surface area contributed by atoms with Crippen molar-refractivity contribution in [2.24, 2.45) is 0 Å². The molecule has 0 bridgehead atoms. The van der Waals surface area contributed by atoms with Gasteiger partial charge in [-0.1, -0.05) is 46.3 Å². The number of hydrogen-bond acceptors (Lipinski definition) is 2. The summed E-state index contributed by atoms with van der Waals surface area (Å²) in [6.07, 6.45) is 1.76. The Balaban J connectivity index is 1.81. The lowest BCUT2D eigenvalue weighted by molar-refractivity contribution is 0.305. The van der Waals surface area contributed by atoms with Gasteiger partial charge in [-0.15, -0.1) is 0 Å². The normalized spacial score (nSPS) is 10.6. The summed E-state index contributed by atoms with van der Waals surface area (Å²) in [4.78, 5) is 4.39. The van der Waals surface area contributed by atoms with Gasteiger partial charge in [0.15, 0.2) is 0 Å². The second-order valence-corrected chi connectivity index (χ2v) is 5.20. The molecule has 2 aromatic carbocycles. The van der Waals surface area contributed by atoms with Gasteiger partial charge in [-0.25, -0.2) is 0 Å². The Labute approximate surface area is 120 Å². The van der Waals surface area contributed by atoms with Crippen LogP contribution in [0.1, 0.15) is 5.56 Å². The summed E-state index contributed by atoms with van der Waals surface area (Å²) < 4.78 is 6.81. The third-order valence-electron chi connectivity index (χ3n) is 2.87. The van der Waals surface area contributed by atoms with Gasteiger partial charge in [-0.2, -0.15) is 0 Å². The Morgan fingerprint density at radius 1 is 1.00 bits per heavy atom. The molecule has 0 aliphatic rings. The van der Waals surface area contributed by atoms with Crippen LogP contribution in [0, 0.1) is 0 Å². The van der Waals surface area contributed by atoms with Crippen molar-refractivity contribution in [1.82, 2.24) is 4.98 Å². The number of pyridine rings is 1. The minimum Gasteiger partial charge on any atom is -0.487 e. The summed E-state index contributed by atoms with van der Waals surface area (Å²) in [6.45, 7) is 0.558. The van der Waals surface area contributed by atoms with E-state index in [1.807, 2.05) is 54.6 Å². The van der Waals surface area contributed by atoms with Crippen molar-refractivity contribution in [3.63, 3.8) is 0 Å². The van der Waals surface area contributed by atoms with Crippen molar-refractivity contribution in [3.8, 4) is 5.75 Å². The van der Waals surface area contributed by atoms with Crippen LogP contribution in [0.25, 0.3) is 10.9 Å². The first-order valence-electron chi connectivity index (χ1n) is 6.03. The molecule has 0 saturated carbocycles. The largest absolute Gasteiger partial charge is 0.487 e. The van der Waals surface area contributed by atoms with Gasteiger partial charge in [0.05, 0.1) is 11.7 Å². The summed E-state index contributed by atoms with van der Waals surface area (Å²) in [5, 5.41) is 1.07. The molecule has 0 N–H and O–H groups in total. The smallest absolute Gasteiger partial charge is 0.138 e. The minimum atomic E-state index is 0.558. The predicted molar refractivity (Wildman–Crippen MR) is 80.2 cm³/mol. The van der Waals surface area contributed by atoms with E-state index >= 15 is 0 Å². The molecule has 0 atom stereocenters. The molecule has 3 aromatic rings. The van der Waals surface area contributed by atoms with E-state index in [-0.39, 0.29) is 0 Å². The maximum Gasteiger partial charge on any atom is 0.138 e. The van der Waals surface area contributed by atoms with Crippen molar-refractivity contribution < 1.29 is 4.74 Å². The van der Waals surface area contributed by atoms with E-state index in [1.54, 1.807) is 6.20 Å². The summed E-state index contributed by atoms with van der Waals surface area (Å²) in [6, 6.07) is 18.1. The van der Waals surface area contributed by atoms with Crippen LogP contribution in [0.3, 0.4) is 0 Å². The van der Waals surface area contributed by atoms with E-state index in [9.17, 15) is 0 Å².